The minimum Gasteiger partial charge on any atom is -0.383 e. The molecular weight excluding hydrogens is 272 g/mol. The molecule has 0 radical (unpaired) electrons. The maximum atomic E-state index is 12.1. The molecule has 2 aliphatic rings. The van der Waals surface area contributed by atoms with E-state index in [1.165, 1.54) is 0 Å². The van der Waals surface area contributed by atoms with Gasteiger partial charge in [0.15, 0.2) is 5.79 Å². The van der Waals surface area contributed by atoms with Gasteiger partial charge in [0, 0.05) is 32.5 Å². The lowest BCUT2D eigenvalue weighted by Crippen LogP contribution is -2.51. The van der Waals surface area contributed by atoms with Crippen LogP contribution < -0.4 is 5.32 Å². The Hall–Kier alpha value is -0.690. The van der Waals surface area contributed by atoms with Crippen LogP contribution in [0.15, 0.2) is 0 Å². The van der Waals surface area contributed by atoms with Crippen LogP contribution in [0.2, 0.25) is 0 Å². The van der Waals surface area contributed by atoms with Crippen molar-refractivity contribution in [2.45, 2.75) is 50.5 Å². The summed E-state index contributed by atoms with van der Waals surface area (Å²) in [7, 11) is 3.66. The number of carbonyl (C=O) groups is 1. The third kappa shape index (κ3) is 4.16. The fourth-order valence-electron chi connectivity index (χ4n) is 3.16. The highest BCUT2D eigenvalue weighted by atomic mass is 16.7. The van der Waals surface area contributed by atoms with Crippen molar-refractivity contribution >= 4 is 5.91 Å². The van der Waals surface area contributed by atoms with E-state index >= 15 is 0 Å². The van der Waals surface area contributed by atoms with Crippen molar-refractivity contribution in [1.29, 1.82) is 0 Å². The number of nitrogens with one attached hydrogen (secondary N) is 1. The number of likely N-dealkylation sites (N-methyl/N-ethyl adjacent to an activating group) is 1. The highest BCUT2D eigenvalue weighted by Gasteiger charge is 2.41. The number of methoxy groups -OCH3 is 1. The number of amides is 1. The van der Waals surface area contributed by atoms with Gasteiger partial charge in [-0.3, -0.25) is 9.69 Å². The van der Waals surface area contributed by atoms with Crippen molar-refractivity contribution in [1.82, 2.24) is 10.2 Å². The van der Waals surface area contributed by atoms with Gasteiger partial charge in [0.05, 0.1) is 25.9 Å². The summed E-state index contributed by atoms with van der Waals surface area (Å²) in [5, 5.41) is 2.90. The molecule has 2 fully saturated rings. The molecule has 1 atom stereocenters. The normalized spacial score (nSPS) is 23.6. The zero-order valence-electron chi connectivity index (χ0n) is 13.4. The van der Waals surface area contributed by atoms with E-state index in [0.717, 1.165) is 25.7 Å². The number of hydrogen-bond donors (Lipinski definition) is 1. The Balaban J connectivity index is 1.77. The van der Waals surface area contributed by atoms with E-state index in [0.29, 0.717) is 32.4 Å². The summed E-state index contributed by atoms with van der Waals surface area (Å²) in [5.74, 6) is -0.274. The van der Waals surface area contributed by atoms with Gasteiger partial charge in [-0.05, 0) is 26.8 Å². The first-order valence-electron chi connectivity index (χ1n) is 7.84. The molecule has 1 amide bonds. The van der Waals surface area contributed by atoms with Gasteiger partial charge >= 0.3 is 0 Å². The third-order valence-electron chi connectivity index (χ3n) is 4.70. The number of rotatable bonds is 6. The lowest BCUT2D eigenvalue weighted by molar-refractivity contribution is -0.184. The van der Waals surface area contributed by atoms with Crippen molar-refractivity contribution in [3.63, 3.8) is 0 Å². The second-order valence-corrected chi connectivity index (χ2v) is 5.96. The monoisotopic (exact) mass is 300 g/mol. The first-order chi connectivity index (χ1) is 10.1. The molecule has 0 bridgehead atoms. The molecule has 2 rings (SSSR count). The largest absolute Gasteiger partial charge is 0.383 e. The average molecular weight is 300 g/mol. The van der Waals surface area contributed by atoms with Crippen LogP contribution in [0.25, 0.3) is 0 Å². The Morgan fingerprint density at radius 2 is 2.00 bits per heavy atom. The molecule has 122 valence electrons. The second kappa shape index (κ2) is 7.54. The molecule has 0 aromatic rings. The van der Waals surface area contributed by atoms with E-state index in [4.69, 9.17) is 14.2 Å². The smallest absolute Gasteiger partial charge is 0.237 e. The van der Waals surface area contributed by atoms with Crippen molar-refractivity contribution in [3.8, 4) is 0 Å². The lowest BCUT2D eigenvalue weighted by Gasteiger charge is -2.40. The molecule has 1 saturated heterocycles. The maximum Gasteiger partial charge on any atom is 0.237 e. The molecule has 1 saturated carbocycles. The zero-order chi connectivity index (χ0) is 15.3. The van der Waals surface area contributed by atoms with Crippen LogP contribution >= 0.6 is 0 Å². The maximum absolute atomic E-state index is 12.1. The van der Waals surface area contributed by atoms with Crippen molar-refractivity contribution in [3.05, 3.63) is 0 Å². The molecule has 0 aromatic heterocycles. The van der Waals surface area contributed by atoms with E-state index in [2.05, 4.69) is 10.2 Å². The van der Waals surface area contributed by atoms with Gasteiger partial charge in [0.25, 0.3) is 0 Å². The van der Waals surface area contributed by atoms with E-state index in [1.807, 2.05) is 14.0 Å². The second-order valence-electron chi connectivity index (χ2n) is 5.96. The first-order valence-corrected chi connectivity index (χ1v) is 7.84. The Labute approximate surface area is 127 Å². The summed E-state index contributed by atoms with van der Waals surface area (Å²) in [6.07, 6.45) is 3.85. The van der Waals surface area contributed by atoms with Crippen LogP contribution in [-0.4, -0.2) is 69.2 Å². The highest BCUT2D eigenvalue weighted by Crippen LogP contribution is 2.37. The molecule has 6 nitrogen and oxygen atoms in total. The van der Waals surface area contributed by atoms with E-state index in [-0.39, 0.29) is 17.7 Å². The molecule has 6 heteroatoms. The molecule has 21 heavy (non-hydrogen) atoms. The van der Waals surface area contributed by atoms with Gasteiger partial charge in [-0.15, -0.1) is 0 Å². The topological polar surface area (TPSA) is 60.0 Å². The zero-order valence-corrected chi connectivity index (χ0v) is 13.4. The summed E-state index contributed by atoms with van der Waals surface area (Å²) in [6.45, 7) is 4.47. The van der Waals surface area contributed by atoms with Crippen LogP contribution in [0.1, 0.15) is 32.6 Å². The fourth-order valence-corrected chi connectivity index (χ4v) is 3.16. The van der Waals surface area contributed by atoms with E-state index < -0.39 is 0 Å². The molecule has 1 N–H and O–H groups in total. The quantitative estimate of drug-likeness (QED) is 0.734. The van der Waals surface area contributed by atoms with Gasteiger partial charge in [-0.25, -0.2) is 0 Å². The third-order valence-corrected chi connectivity index (χ3v) is 4.70. The molecule has 1 unspecified atom stereocenters. The minimum absolute atomic E-state index is 0.0585. The van der Waals surface area contributed by atoms with Crippen LogP contribution in [0.5, 0.6) is 0 Å². The van der Waals surface area contributed by atoms with Gasteiger partial charge in [0.2, 0.25) is 5.91 Å². The molecule has 1 aliphatic heterocycles. The predicted octanol–water partition coefficient (Wildman–Crippen LogP) is 0.755. The Kier molecular flexibility index (Phi) is 5.98. The van der Waals surface area contributed by atoms with Gasteiger partial charge in [0.1, 0.15) is 0 Å². The summed E-state index contributed by atoms with van der Waals surface area (Å²) in [6, 6.07) is 0.276. The van der Waals surface area contributed by atoms with Crippen LogP contribution in [-0.2, 0) is 19.0 Å². The predicted molar refractivity (Wildman–Crippen MR) is 79.0 cm³/mol. The summed E-state index contributed by atoms with van der Waals surface area (Å²) < 4.78 is 16.4. The molecule has 1 aliphatic carbocycles. The number of ether oxygens (including phenoxy) is 3. The van der Waals surface area contributed by atoms with Crippen molar-refractivity contribution in [2.75, 3.05) is 40.5 Å². The summed E-state index contributed by atoms with van der Waals surface area (Å²) in [4.78, 5) is 14.3. The Bertz CT molecular complexity index is 335. The standard InChI is InChI=1S/C15H28N2O4/c1-12(14(18)16-8-9-19-3)17(2)13-4-6-15(7-5-13)20-10-11-21-15/h12-13H,4-11H2,1-3H3,(H,16,18). The van der Waals surface area contributed by atoms with Gasteiger partial charge < -0.3 is 19.5 Å². The highest BCUT2D eigenvalue weighted by molar-refractivity contribution is 5.81. The fraction of sp³-hybridized carbons (Fsp3) is 0.933. The molecule has 0 aromatic carbocycles. The Morgan fingerprint density at radius 1 is 1.38 bits per heavy atom. The van der Waals surface area contributed by atoms with Crippen LogP contribution in [0, 0.1) is 0 Å². The van der Waals surface area contributed by atoms with Crippen molar-refractivity contribution < 1.29 is 19.0 Å². The van der Waals surface area contributed by atoms with Crippen LogP contribution in [0.4, 0.5) is 0 Å². The molecule has 1 heterocycles. The average Bonchev–Trinajstić information content (AvgIpc) is 2.95. The number of hydrogen-bond acceptors (Lipinski definition) is 5. The minimum atomic E-state index is -0.332. The Morgan fingerprint density at radius 3 is 2.57 bits per heavy atom. The first kappa shape index (κ1) is 16.7. The van der Waals surface area contributed by atoms with Crippen LogP contribution in [0.3, 0.4) is 0 Å². The molecule has 1 spiro atoms. The van der Waals surface area contributed by atoms with Gasteiger partial charge in [-0.2, -0.15) is 0 Å². The van der Waals surface area contributed by atoms with E-state index in [9.17, 15) is 4.79 Å². The molecular formula is C15H28N2O4. The SMILES string of the molecule is COCCNC(=O)C(C)N(C)C1CCC2(CC1)OCCO2. The lowest BCUT2D eigenvalue weighted by atomic mass is 9.88. The number of carbonyl (C=O) groups excluding carboxylic acids is 1. The summed E-state index contributed by atoms with van der Waals surface area (Å²) in [5.41, 5.74) is 0. The van der Waals surface area contributed by atoms with Crippen molar-refractivity contribution in [2.24, 2.45) is 0 Å². The number of nitrogens with zero attached hydrogens (tertiary/aromatic N) is 1. The van der Waals surface area contributed by atoms with Gasteiger partial charge in [-0.1, -0.05) is 0 Å². The van der Waals surface area contributed by atoms with E-state index in [1.54, 1.807) is 7.11 Å². The summed E-state index contributed by atoms with van der Waals surface area (Å²) >= 11 is 0.